The number of nitrogens with zero attached hydrogens (tertiary/aromatic N) is 2. The number of alkyl halides is 3. The van der Waals surface area contributed by atoms with Crippen molar-refractivity contribution in [2.24, 2.45) is 5.10 Å². The Labute approximate surface area is 175 Å². The van der Waals surface area contributed by atoms with Crippen LogP contribution in [-0.4, -0.2) is 24.4 Å². The zero-order chi connectivity index (χ0) is 20.5. The van der Waals surface area contributed by atoms with Crippen LogP contribution in [0.2, 0.25) is 0 Å². The first-order valence-corrected chi connectivity index (χ1v) is 9.70. The number of hydrazone groups is 1. The summed E-state index contributed by atoms with van der Waals surface area (Å²) in [6.45, 7) is 2.06. The van der Waals surface area contributed by atoms with E-state index in [1.54, 1.807) is 37.3 Å². The van der Waals surface area contributed by atoms with Crippen LogP contribution in [0, 0.1) is 0 Å². The van der Waals surface area contributed by atoms with E-state index >= 15 is 0 Å². The quantitative estimate of drug-likeness (QED) is 0.470. The number of ether oxygens (including phenoxy) is 1. The van der Waals surface area contributed by atoms with E-state index in [9.17, 15) is 18.0 Å². The minimum Gasteiger partial charge on any atom is -0.492 e. The predicted molar refractivity (Wildman–Crippen MR) is 108 cm³/mol. The maximum Gasteiger partial charge on any atom is 0.435 e. The highest BCUT2D eigenvalue weighted by Crippen LogP contribution is 2.37. The molecule has 1 aliphatic heterocycles. The number of carbonyl (C=O) groups excluding carboxylic acids is 1. The molecule has 2 aromatic rings. The molecule has 4 nitrogen and oxygen atoms in total. The summed E-state index contributed by atoms with van der Waals surface area (Å²) in [7, 11) is 0. The van der Waals surface area contributed by atoms with E-state index in [0.29, 0.717) is 26.9 Å². The number of para-hydroxylation sites is 1. The number of hydrogen-bond acceptors (Lipinski definition) is 3. The lowest BCUT2D eigenvalue weighted by molar-refractivity contribution is -0.114. The van der Waals surface area contributed by atoms with E-state index in [2.05, 4.69) is 37.0 Å². The van der Waals surface area contributed by atoms with Crippen molar-refractivity contribution in [3.05, 3.63) is 62.5 Å². The number of anilines is 1. The van der Waals surface area contributed by atoms with Crippen LogP contribution in [0.4, 0.5) is 18.9 Å². The second kappa shape index (κ2) is 8.08. The average Bonchev–Trinajstić information content (AvgIpc) is 2.95. The molecule has 0 saturated heterocycles. The molecule has 0 N–H and O–H groups in total. The molecule has 0 atom stereocenters. The van der Waals surface area contributed by atoms with Gasteiger partial charge in [0.15, 0.2) is 5.71 Å². The molecule has 1 aliphatic rings. The monoisotopic (exact) mass is 516 g/mol. The number of amides is 1. The van der Waals surface area contributed by atoms with Gasteiger partial charge in [-0.05, 0) is 53.2 Å². The average molecular weight is 518 g/mol. The van der Waals surface area contributed by atoms with Gasteiger partial charge in [0.25, 0.3) is 5.91 Å². The van der Waals surface area contributed by atoms with Gasteiger partial charge in [-0.2, -0.15) is 23.3 Å². The Balaban J connectivity index is 2.15. The third-order valence-electron chi connectivity index (χ3n) is 3.77. The van der Waals surface area contributed by atoms with Gasteiger partial charge in [-0.15, -0.1) is 0 Å². The number of rotatable bonds is 4. The van der Waals surface area contributed by atoms with Crippen LogP contribution < -0.4 is 9.75 Å². The molecule has 28 heavy (non-hydrogen) atoms. The van der Waals surface area contributed by atoms with E-state index < -0.39 is 23.4 Å². The summed E-state index contributed by atoms with van der Waals surface area (Å²) in [4.78, 5) is 12.8. The van der Waals surface area contributed by atoms with E-state index in [4.69, 9.17) is 4.74 Å². The van der Waals surface area contributed by atoms with Crippen LogP contribution in [0.3, 0.4) is 0 Å². The fourth-order valence-corrected chi connectivity index (χ4v) is 4.01. The van der Waals surface area contributed by atoms with Gasteiger partial charge in [0, 0.05) is 10.0 Å². The van der Waals surface area contributed by atoms with E-state index in [0.717, 1.165) is 11.1 Å². The normalized spacial score (nSPS) is 15.9. The molecule has 1 amide bonds. The molecule has 0 unspecified atom stereocenters. The van der Waals surface area contributed by atoms with Crippen molar-refractivity contribution in [3.8, 4) is 5.75 Å². The van der Waals surface area contributed by atoms with Crippen molar-refractivity contribution < 1.29 is 22.7 Å². The van der Waals surface area contributed by atoms with Crippen molar-refractivity contribution in [1.29, 1.82) is 0 Å². The Morgan fingerprint density at radius 2 is 1.86 bits per heavy atom. The Kier molecular flexibility index (Phi) is 5.95. The summed E-state index contributed by atoms with van der Waals surface area (Å²) in [5.74, 6) is -0.525. The highest BCUT2D eigenvalue weighted by molar-refractivity contribution is 9.11. The van der Waals surface area contributed by atoms with Gasteiger partial charge in [-0.25, -0.2) is 0 Å². The molecule has 0 bridgehead atoms. The smallest absolute Gasteiger partial charge is 0.435 e. The second-order valence-corrected chi connectivity index (χ2v) is 7.47. The summed E-state index contributed by atoms with van der Waals surface area (Å²) in [6, 6.07) is 11.2. The maximum atomic E-state index is 13.6. The van der Waals surface area contributed by atoms with Crippen molar-refractivity contribution in [1.82, 2.24) is 0 Å². The summed E-state index contributed by atoms with van der Waals surface area (Å²) in [5, 5.41) is 4.30. The molecular formula is C19H13Br2F3N2O2. The molecule has 0 aliphatic carbocycles. The summed E-state index contributed by atoms with van der Waals surface area (Å²) < 4.78 is 47.5. The molecular weight excluding hydrogens is 505 g/mol. The van der Waals surface area contributed by atoms with Gasteiger partial charge in [-0.3, -0.25) is 4.79 Å². The van der Waals surface area contributed by atoms with Gasteiger partial charge in [-0.1, -0.05) is 34.1 Å². The molecule has 1 heterocycles. The largest absolute Gasteiger partial charge is 0.492 e. The van der Waals surface area contributed by atoms with Gasteiger partial charge >= 0.3 is 6.18 Å². The topological polar surface area (TPSA) is 41.9 Å². The standard InChI is InChI=1S/C19H13Br2F3N2O2/c1-2-28-16-11(8-12(20)10-15(16)21)9-14-17(19(22,23)24)25-26(18(14)27)13-6-4-3-5-7-13/h3-10H,2H2,1H3/b14-9-. The first-order valence-electron chi connectivity index (χ1n) is 8.11. The van der Waals surface area contributed by atoms with Crippen molar-refractivity contribution in [3.63, 3.8) is 0 Å². The third-order valence-corrected chi connectivity index (χ3v) is 4.82. The summed E-state index contributed by atoms with van der Waals surface area (Å²) in [6.07, 6.45) is -3.64. The Bertz CT molecular complexity index is 973. The molecule has 2 aromatic carbocycles. The molecule has 0 aromatic heterocycles. The Morgan fingerprint density at radius 1 is 1.18 bits per heavy atom. The first-order chi connectivity index (χ1) is 13.2. The van der Waals surface area contributed by atoms with Crippen LogP contribution in [0.5, 0.6) is 5.75 Å². The van der Waals surface area contributed by atoms with E-state index in [1.165, 1.54) is 12.1 Å². The van der Waals surface area contributed by atoms with Gasteiger partial charge < -0.3 is 4.74 Å². The Morgan fingerprint density at radius 3 is 2.46 bits per heavy atom. The minimum absolute atomic E-state index is 0.248. The van der Waals surface area contributed by atoms with Crippen molar-refractivity contribution >= 4 is 55.2 Å². The highest BCUT2D eigenvalue weighted by Gasteiger charge is 2.46. The maximum absolute atomic E-state index is 13.6. The molecule has 9 heteroatoms. The molecule has 0 radical (unpaired) electrons. The number of halogens is 5. The molecule has 0 spiro atoms. The van der Waals surface area contributed by atoms with Crippen LogP contribution in [0.1, 0.15) is 12.5 Å². The summed E-state index contributed by atoms with van der Waals surface area (Å²) >= 11 is 6.64. The van der Waals surface area contributed by atoms with Crippen LogP contribution in [0.25, 0.3) is 6.08 Å². The molecule has 146 valence electrons. The number of carbonyl (C=O) groups is 1. The zero-order valence-corrected chi connectivity index (χ0v) is 17.6. The Hall–Kier alpha value is -2.13. The van der Waals surface area contributed by atoms with Gasteiger partial charge in [0.1, 0.15) is 5.75 Å². The van der Waals surface area contributed by atoms with Crippen LogP contribution >= 0.6 is 31.9 Å². The molecule has 0 fully saturated rings. The summed E-state index contributed by atoms with van der Waals surface area (Å²) in [5.41, 5.74) is -1.24. The lowest BCUT2D eigenvalue weighted by Gasteiger charge is -2.13. The zero-order valence-electron chi connectivity index (χ0n) is 14.4. The third kappa shape index (κ3) is 4.15. The first kappa shape index (κ1) is 20.6. The van der Waals surface area contributed by atoms with Crippen molar-refractivity contribution in [2.45, 2.75) is 13.1 Å². The predicted octanol–water partition coefficient (Wildman–Crippen LogP) is 5.96. The van der Waals surface area contributed by atoms with Crippen LogP contribution in [0.15, 0.2) is 62.1 Å². The molecule has 0 saturated carbocycles. The highest BCUT2D eigenvalue weighted by atomic mass is 79.9. The van der Waals surface area contributed by atoms with E-state index in [1.807, 2.05) is 0 Å². The second-order valence-electron chi connectivity index (χ2n) is 5.70. The van der Waals surface area contributed by atoms with Crippen molar-refractivity contribution in [2.75, 3.05) is 11.6 Å². The van der Waals surface area contributed by atoms with E-state index in [-0.39, 0.29) is 5.69 Å². The molecule has 3 rings (SSSR count). The minimum atomic E-state index is -4.79. The van der Waals surface area contributed by atoms with Crippen LogP contribution in [-0.2, 0) is 4.79 Å². The fraction of sp³-hybridized carbons (Fsp3) is 0.158. The number of benzene rings is 2. The van der Waals surface area contributed by atoms with Gasteiger partial charge in [0.2, 0.25) is 0 Å². The SMILES string of the molecule is CCOc1c(Br)cc(Br)cc1/C=C1\C(=O)N(c2ccccc2)N=C1C(F)(F)F. The fourth-order valence-electron chi connectivity index (χ4n) is 2.64. The van der Waals surface area contributed by atoms with Gasteiger partial charge in [0.05, 0.1) is 22.3 Å². The lowest BCUT2D eigenvalue weighted by atomic mass is 10.1. The lowest BCUT2D eigenvalue weighted by Crippen LogP contribution is -2.25. The number of hydrogen-bond donors (Lipinski definition) is 0.